The van der Waals surface area contributed by atoms with Gasteiger partial charge in [0.15, 0.2) is 0 Å². The van der Waals surface area contributed by atoms with Crippen LogP contribution in [0.1, 0.15) is 23.0 Å². The number of aromatic carboxylic acids is 1. The fourth-order valence-corrected chi connectivity index (χ4v) is 2.30. The summed E-state index contributed by atoms with van der Waals surface area (Å²) in [6.07, 6.45) is 0.779. The van der Waals surface area contributed by atoms with Crippen LogP contribution >= 0.6 is 35.6 Å². The first-order chi connectivity index (χ1) is 8.56. The van der Waals surface area contributed by atoms with Gasteiger partial charge in [0, 0.05) is 0 Å². The molecule has 19 heavy (non-hydrogen) atoms. The molecular formula is C13H12Cl3NO2. The summed E-state index contributed by atoms with van der Waals surface area (Å²) in [5.74, 6) is -1.06. The molecule has 1 heterocycles. The predicted octanol–water partition coefficient (Wildman–Crippen LogP) is 4.47. The molecule has 0 atom stereocenters. The summed E-state index contributed by atoms with van der Waals surface area (Å²) in [6, 6.07) is 8.86. The Kier molecular flexibility index (Phi) is 5.29. The topological polar surface area (TPSA) is 42.2 Å². The van der Waals surface area contributed by atoms with Crippen molar-refractivity contribution in [1.82, 2.24) is 4.57 Å². The number of aryl methyl sites for hydroxylation is 1. The number of nitrogens with zero attached hydrogens (tertiary/aromatic N) is 1. The molecule has 6 heteroatoms. The summed E-state index contributed by atoms with van der Waals surface area (Å²) in [5, 5.41) is 9.64. The minimum atomic E-state index is -1.06. The highest BCUT2D eigenvalue weighted by Crippen LogP contribution is 2.31. The van der Waals surface area contributed by atoms with Gasteiger partial charge in [-0.05, 0) is 24.1 Å². The van der Waals surface area contributed by atoms with Gasteiger partial charge >= 0.3 is 5.97 Å². The van der Waals surface area contributed by atoms with E-state index in [-0.39, 0.29) is 28.3 Å². The lowest BCUT2D eigenvalue weighted by molar-refractivity contribution is 0.0688. The highest BCUT2D eigenvalue weighted by atomic mass is 35.5. The molecule has 0 aliphatic rings. The Bertz CT molecular complexity index is 608. The average Bonchev–Trinajstić information content (AvgIpc) is 2.66. The van der Waals surface area contributed by atoms with Gasteiger partial charge in [0.05, 0.1) is 10.7 Å². The molecule has 2 rings (SSSR count). The minimum absolute atomic E-state index is 0. The highest BCUT2D eigenvalue weighted by molar-refractivity contribution is 6.42. The fourth-order valence-electron chi connectivity index (χ4n) is 1.88. The summed E-state index contributed by atoms with van der Waals surface area (Å²) < 4.78 is 1.46. The maximum atomic E-state index is 11.2. The van der Waals surface area contributed by atoms with Gasteiger partial charge in [0.25, 0.3) is 0 Å². The van der Waals surface area contributed by atoms with Crippen LogP contribution in [0.2, 0.25) is 10.2 Å². The lowest BCUT2D eigenvalue weighted by Crippen LogP contribution is -2.08. The van der Waals surface area contributed by atoms with Crippen molar-refractivity contribution in [3.63, 3.8) is 0 Å². The van der Waals surface area contributed by atoms with Crippen molar-refractivity contribution in [2.75, 3.05) is 0 Å². The van der Waals surface area contributed by atoms with Gasteiger partial charge in [0.1, 0.15) is 10.8 Å². The first-order valence-corrected chi connectivity index (χ1v) is 6.20. The number of aromatic nitrogens is 1. The van der Waals surface area contributed by atoms with E-state index < -0.39 is 5.97 Å². The van der Waals surface area contributed by atoms with E-state index in [0.717, 1.165) is 17.7 Å². The monoisotopic (exact) mass is 319 g/mol. The molecule has 2 aromatic rings. The standard InChI is InChI=1S/C13H11Cl2NO2.ClH/c1-2-8-5-3-4-6-10(8)16-11(13(17)18)7-9(14)12(16)15;/h3-7H,2H2,1H3,(H,17,18);1H. The summed E-state index contributed by atoms with van der Waals surface area (Å²) >= 11 is 12.0. The second kappa shape index (κ2) is 6.33. The lowest BCUT2D eigenvalue weighted by atomic mass is 10.1. The van der Waals surface area contributed by atoms with E-state index in [0.29, 0.717) is 0 Å². The maximum absolute atomic E-state index is 11.2. The van der Waals surface area contributed by atoms with Gasteiger partial charge in [-0.3, -0.25) is 4.57 Å². The average molecular weight is 321 g/mol. The molecule has 0 unspecified atom stereocenters. The molecule has 0 amide bonds. The van der Waals surface area contributed by atoms with E-state index >= 15 is 0 Å². The van der Waals surface area contributed by atoms with Crippen LogP contribution in [-0.4, -0.2) is 15.6 Å². The first kappa shape index (κ1) is 15.9. The van der Waals surface area contributed by atoms with Crippen molar-refractivity contribution in [3.05, 3.63) is 51.8 Å². The van der Waals surface area contributed by atoms with Gasteiger partial charge in [0.2, 0.25) is 0 Å². The van der Waals surface area contributed by atoms with Crippen LogP contribution in [0.4, 0.5) is 0 Å². The summed E-state index contributed by atoms with van der Waals surface area (Å²) in [5.41, 5.74) is 1.81. The van der Waals surface area contributed by atoms with Crippen molar-refractivity contribution in [2.45, 2.75) is 13.3 Å². The van der Waals surface area contributed by atoms with Gasteiger partial charge in [-0.1, -0.05) is 48.3 Å². The number of para-hydroxylation sites is 1. The van der Waals surface area contributed by atoms with E-state index in [2.05, 4.69) is 0 Å². The van der Waals surface area contributed by atoms with Crippen LogP contribution in [0.3, 0.4) is 0 Å². The normalized spacial score (nSPS) is 10.1. The van der Waals surface area contributed by atoms with Gasteiger partial charge in [-0.25, -0.2) is 4.79 Å². The quantitative estimate of drug-likeness (QED) is 0.907. The van der Waals surface area contributed by atoms with E-state index in [9.17, 15) is 9.90 Å². The Morgan fingerprint density at radius 1 is 1.32 bits per heavy atom. The van der Waals surface area contributed by atoms with Crippen molar-refractivity contribution < 1.29 is 9.90 Å². The van der Waals surface area contributed by atoms with Crippen molar-refractivity contribution in [3.8, 4) is 5.69 Å². The molecule has 0 aliphatic heterocycles. The predicted molar refractivity (Wildman–Crippen MR) is 79.4 cm³/mol. The molecule has 102 valence electrons. The zero-order valence-corrected chi connectivity index (χ0v) is 12.4. The molecule has 1 aromatic heterocycles. The first-order valence-electron chi connectivity index (χ1n) is 5.44. The smallest absolute Gasteiger partial charge is 0.352 e. The summed E-state index contributed by atoms with van der Waals surface area (Å²) in [6.45, 7) is 2.00. The van der Waals surface area contributed by atoms with E-state index in [1.165, 1.54) is 10.6 Å². The second-order valence-corrected chi connectivity index (χ2v) is 4.56. The third-order valence-electron chi connectivity index (χ3n) is 2.73. The Morgan fingerprint density at radius 2 is 1.95 bits per heavy atom. The maximum Gasteiger partial charge on any atom is 0.352 e. The van der Waals surface area contributed by atoms with Gasteiger partial charge < -0.3 is 5.11 Å². The molecule has 3 nitrogen and oxygen atoms in total. The van der Waals surface area contributed by atoms with E-state index in [1.54, 1.807) is 0 Å². The number of hydrogen-bond acceptors (Lipinski definition) is 1. The molecule has 1 aromatic carbocycles. The molecule has 0 aliphatic carbocycles. The van der Waals surface area contributed by atoms with Gasteiger partial charge in [-0.15, -0.1) is 12.4 Å². The van der Waals surface area contributed by atoms with Crippen molar-refractivity contribution in [1.29, 1.82) is 0 Å². The van der Waals surface area contributed by atoms with Gasteiger partial charge in [-0.2, -0.15) is 0 Å². The Morgan fingerprint density at radius 3 is 2.53 bits per heavy atom. The van der Waals surface area contributed by atoms with Crippen LogP contribution in [-0.2, 0) is 6.42 Å². The highest BCUT2D eigenvalue weighted by Gasteiger charge is 2.19. The Labute approximate surface area is 127 Å². The molecule has 0 spiro atoms. The summed E-state index contributed by atoms with van der Waals surface area (Å²) in [7, 11) is 0. The van der Waals surface area contributed by atoms with E-state index in [1.807, 2.05) is 31.2 Å². The number of carboxylic acids is 1. The zero-order valence-electron chi connectivity index (χ0n) is 10.1. The lowest BCUT2D eigenvalue weighted by Gasteiger charge is -2.12. The second-order valence-electron chi connectivity index (χ2n) is 3.79. The molecule has 0 saturated heterocycles. The Hall–Kier alpha value is -1.16. The molecule has 0 saturated carbocycles. The molecule has 0 bridgehead atoms. The van der Waals surface area contributed by atoms with E-state index in [4.69, 9.17) is 23.2 Å². The van der Waals surface area contributed by atoms with Crippen LogP contribution < -0.4 is 0 Å². The van der Waals surface area contributed by atoms with Crippen molar-refractivity contribution >= 4 is 41.6 Å². The van der Waals surface area contributed by atoms with Crippen LogP contribution in [0, 0.1) is 0 Å². The number of halogens is 3. The number of carboxylic acid groups (broad SMARTS) is 1. The molecule has 0 radical (unpaired) electrons. The third-order valence-corrected chi connectivity index (χ3v) is 3.49. The third kappa shape index (κ3) is 2.89. The Balaban J connectivity index is 0.00000180. The van der Waals surface area contributed by atoms with Crippen LogP contribution in [0.5, 0.6) is 0 Å². The van der Waals surface area contributed by atoms with Crippen molar-refractivity contribution in [2.24, 2.45) is 0 Å². The number of rotatable bonds is 3. The molecule has 1 N–H and O–H groups in total. The number of hydrogen-bond donors (Lipinski definition) is 1. The summed E-state index contributed by atoms with van der Waals surface area (Å²) in [4.78, 5) is 11.2. The number of carbonyl (C=O) groups is 1. The zero-order chi connectivity index (χ0) is 13.3. The fraction of sp³-hybridized carbons (Fsp3) is 0.154. The largest absolute Gasteiger partial charge is 0.477 e. The van der Waals surface area contributed by atoms with Crippen LogP contribution in [0.15, 0.2) is 30.3 Å². The number of benzene rings is 1. The minimum Gasteiger partial charge on any atom is -0.477 e. The SMILES string of the molecule is CCc1ccccc1-n1c(C(=O)O)cc(Cl)c1Cl.Cl. The van der Waals surface area contributed by atoms with Crippen LogP contribution in [0.25, 0.3) is 5.69 Å². The molecule has 0 fully saturated rings. The molecular weight excluding hydrogens is 309 g/mol.